The molecule has 2 aromatic carbocycles. The Bertz CT molecular complexity index is 1270. The van der Waals surface area contributed by atoms with Crippen molar-refractivity contribution in [1.29, 1.82) is 5.26 Å². The second kappa shape index (κ2) is 8.96. The van der Waals surface area contributed by atoms with E-state index in [1.807, 2.05) is 6.07 Å². The summed E-state index contributed by atoms with van der Waals surface area (Å²) in [6.45, 7) is 0.793. The molecule has 0 N–H and O–H groups in total. The van der Waals surface area contributed by atoms with E-state index < -0.39 is 25.8 Å². The van der Waals surface area contributed by atoms with Crippen LogP contribution in [-0.4, -0.2) is 64.4 Å². The molecule has 0 spiro atoms. The van der Waals surface area contributed by atoms with Gasteiger partial charge in [-0.1, -0.05) is 17.7 Å². The Balaban J connectivity index is 1.78. The van der Waals surface area contributed by atoms with E-state index in [0.717, 1.165) is 6.26 Å². The zero-order valence-electron chi connectivity index (χ0n) is 16.7. The van der Waals surface area contributed by atoms with Gasteiger partial charge in [-0.2, -0.15) is 9.57 Å². The standard InChI is InChI=1S/C20H20ClN3O5S2/c1-30(26,27)16-6-7-18(19(21)13-16)20(25)23-8-3-9-24(11-10-23)31(28,29)17-5-2-4-15(12-17)14-22/h2,4-7,12-13H,3,8-11H2,1H3. The van der Waals surface area contributed by atoms with E-state index in [9.17, 15) is 21.6 Å². The van der Waals surface area contributed by atoms with E-state index in [1.54, 1.807) is 0 Å². The van der Waals surface area contributed by atoms with Gasteiger partial charge in [0.05, 0.1) is 32.0 Å². The molecule has 11 heteroatoms. The number of benzene rings is 2. The van der Waals surface area contributed by atoms with Crippen LogP contribution in [0.5, 0.6) is 0 Å². The molecule has 1 fully saturated rings. The van der Waals surface area contributed by atoms with Crippen molar-refractivity contribution in [2.45, 2.75) is 16.2 Å². The first kappa shape index (κ1) is 23.2. The lowest BCUT2D eigenvalue weighted by atomic mass is 10.2. The van der Waals surface area contributed by atoms with E-state index in [4.69, 9.17) is 16.9 Å². The van der Waals surface area contributed by atoms with Crippen LogP contribution in [0.1, 0.15) is 22.3 Å². The number of nitrogens with zero attached hydrogens (tertiary/aromatic N) is 3. The predicted molar refractivity (Wildman–Crippen MR) is 115 cm³/mol. The number of sulfonamides is 1. The smallest absolute Gasteiger partial charge is 0.255 e. The number of carbonyl (C=O) groups excluding carboxylic acids is 1. The van der Waals surface area contributed by atoms with Crippen molar-refractivity contribution < 1.29 is 21.6 Å². The van der Waals surface area contributed by atoms with Crippen molar-refractivity contribution in [3.05, 3.63) is 58.6 Å². The number of rotatable bonds is 4. The van der Waals surface area contributed by atoms with Crippen LogP contribution < -0.4 is 0 Å². The van der Waals surface area contributed by atoms with E-state index >= 15 is 0 Å². The summed E-state index contributed by atoms with van der Waals surface area (Å²) in [6.07, 6.45) is 1.47. The van der Waals surface area contributed by atoms with Crippen LogP contribution in [0.2, 0.25) is 5.02 Å². The zero-order valence-corrected chi connectivity index (χ0v) is 19.0. The number of nitriles is 1. The van der Waals surface area contributed by atoms with Crippen LogP contribution in [0.25, 0.3) is 0 Å². The van der Waals surface area contributed by atoms with Gasteiger partial charge in [-0.25, -0.2) is 16.8 Å². The summed E-state index contributed by atoms with van der Waals surface area (Å²) in [5.74, 6) is -0.393. The molecule has 0 radical (unpaired) electrons. The molecule has 1 amide bonds. The molecule has 0 saturated carbocycles. The first-order chi connectivity index (χ1) is 14.5. The lowest BCUT2D eigenvalue weighted by Crippen LogP contribution is -2.37. The molecule has 164 valence electrons. The Kier molecular flexibility index (Phi) is 6.71. The number of halogens is 1. The minimum absolute atomic E-state index is 0.0155. The highest BCUT2D eigenvalue weighted by Gasteiger charge is 2.29. The molecule has 0 aliphatic carbocycles. The monoisotopic (exact) mass is 481 g/mol. The lowest BCUT2D eigenvalue weighted by Gasteiger charge is -2.22. The highest BCUT2D eigenvalue weighted by molar-refractivity contribution is 7.90. The third kappa shape index (κ3) is 5.07. The second-order valence-corrected chi connectivity index (χ2v) is 11.5. The summed E-state index contributed by atoms with van der Waals surface area (Å²) in [4.78, 5) is 14.5. The fourth-order valence-corrected chi connectivity index (χ4v) is 5.77. The van der Waals surface area contributed by atoms with Crippen molar-refractivity contribution in [2.24, 2.45) is 0 Å². The van der Waals surface area contributed by atoms with Crippen molar-refractivity contribution >= 4 is 37.4 Å². The molecule has 31 heavy (non-hydrogen) atoms. The van der Waals surface area contributed by atoms with Crippen LogP contribution >= 0.6 is 11.6 Å². The van der Waals surface area contributed by atoms with Gasteiger partial charge >= 0.3 is 0 Å². The maximum absolute atomic E-state index is 13.0. The molecule has 0 atom stereocenters. The first-order valence-corrected chi connectivity index (χ1v) is 13.0. The molecular weight excluding hydrogens is 462 g/mol. The van der Waals surface area contributed by atoms with E-state index in [1.165, 1.54) is 51.7 Å². The maximum atomic E-state index is 13.0. The first-order valence-electron chi connectivity index (χ1n) is 9.33. The molecule has 1 heterocycles. The molecule has 0 bridgehead atoms. The number of carbonyl (C=O) groups is 1. The Hall–Kier alpha value is -2.45. The van der Waals surface area contributed by atoms with Gasteiger partial charge in [-0.3, -0.25) is 4.79 Å². The predicted octanol–water partition coefficient (Wildman–Crippen LogP) is 2.15. The van der Waals surface area contributed by atoms with E-state index in [2.05, 4.69) is 0 Å². The van der Waals surface area contributed by atoms with Crippen molar-refractivity contribution in [2.75, 3.05) is 32.4 Å². The highest BCUT2D eigenvalue weighted by atomic mass is 35.5. The zero-order chi connectivity index (χ0) is 22.8. The molecule has 2 aromatic rings. The van der Waals surface area contributed by atoms with Crippen molar-refractivity contribution in [1.82, 2.24) is 9.21 Å². The average molecular weight is 482 g/mol. The quantitative estimate of drug-likeness (QED) is 0.660. The van der Waals surface area contributed by atoms with E-state index in [-0.39, 0.29) is 45.6 Å². The largest absolute Gasteiger partial charge is 0.337 e. The topological polar surface area (TPSA) is 116 Å². The van der Waals surface area contributed by atoms with Gasteiger partial charge in [0.1, 0.15) is 0 Å². The SMILES string of the molecule is CS(=O)(=O)c1ccc(C(=O)N2CCCN(S(=O)(=O)c3cccc(C#N)c3)CC2)c(Cl)c1. The van der Waals surface area contributed by atoms with Gasteiger partial charge in [0, 0.05) is 32.4 Å². The van der Waals surface area contributed by atoms with Crippen molar-refractivity contribution in [3.8, 4) is 6.07 Å². The molecule has 8 nitrogen and oxygen atoms in total. The highest BCUT2D eigenvalue weighted by Crippen LogP contribution is 2.24. The molecule has 0 unspecified atom stereocenters. The van der Waals surface area contributed by atoms with Crippen LogP contribution in [-0.2, 0) is 19.9 Å². The van der Waals surface area contributed by atoms with E-state index in [0.29, 0.717) is 13.0 Å². The van der Waals surface area contributed by atoms with Gasteiger partial charge in [-0.15, -0.1) is 0 Å². The molecule has 1 aliphatic heterocycles. The number of hydrogen-bond donors (Lipinski definition) is 0. The third-order valence-corrected chi connectivity index (χ3v) is 8.26. The van der Waals surface area contributed by atoms with Gasteiger partial charge in [0.15, 0.2) is 9.84 Å². The van der Waals surface area contributed by atoms with Crippen LogP contribution in [0.4, 0.5) is 0 Å². The molecule has 3 rings (SSSR count). The number of amides is 1. The van der Waals surface area contributed by atoms with Crippen LogP contribution in [0.15, 0.2) is 52.3 Å². The van der Waals surface area contributed by atoms with Gasteiger partial charge in [-0.05, 0) is 42.8 Å². The third-order valence-electron chi connectivity index (χ3n) is 4.94. The molecule has 1 saturated heterocycles. The normalized spacial score (nSPS) is 15.8. The summed E-state index contributed by atoms with van der Waals surface area (Å²) in [6, 6.07) is 11.7. The summed E-state index contributed by atoms with van der Waals surface area (Å²) in [5, 5.41) is 9.05. The minimum atomic E-state index is -3.81. The fourth-order valence-electron chi connectivity index (χ4n) is 3.28. The fraction of sp³-hybridized carbons (Fsp3) is 0.300. The Morgan fingerprint density at radius 1 is 1.00 bits per heavy atom. The van der Waals surface area contributed by atoms with Crippen molar-refractivity contribution in [3.63, 3.8) is 0 Å². The number of hydrogen-bond acceptors (Lipinski definition) is 6. The summed E-state index contributed by atoms with van der Waals surface area (Å²) < 4.78 is 50.6. The van der Waals surface area contributed by atoms with Crippen LogP contribution in [0.3, 0.4) is 0 Å². The summed E-state index contributed by atoms with van der Waals surface area (Å²) in [5.41, 5.74) is 0.409. The molecule has 0 aromatic heterocycles. The minimum Gasteiger partial charge on any atom is -0.337 e. The Morgan fingerprint density at radius 3 is 2.39 bits per heavy atom. The number of sulfone groups is 1. The average Bonchev–Trinajstić information content (AvgIpc) is 2.99. The Labute approximate surface area is 186 Å². The van der Waals surface area contributed by atoms with Crippen LogP contribution in [0, 0.1) is 11.3 Å². The van der Waals surface area contributed by atoms with Gasteiger partial charge in [0.2, 0.25) is 10.0 Å². The summed E-state index contributed by atoms with van der Waals surface area (Å²) >= 11 is 6.16. The molecular formula is C20H20ClN3O5S2. The Morgan fingerprint density at radius 2 is 1.74 bits per heavy atom. The van der Waals surface area contributed by atoms with Gasteiger partial charge in [0.25, 0.3) is 5.91 Å². The second-order valence-electron chi connectivity index (χ2n) is 7.10. The van der Waals surface area contributed by atoms with Gasteiger partial charge < -0.3 is 4.90 Å². The summed E-state index contributed by atoms with van der Waals surface area (Å²) in [7, 11) is -7.27. The maximum Gasteiger partial charge on any atom is 0.255 e. The lowest BCUT2D eigenvalue weighted by molar-refractivity contribution is 0.0764. The molecule has 1 aliphatic rings.